The van der Waals surface area contributed by atoms with Crippen molar-refractivity contribution >= 4 is 5.69 Å². The summed E-state index contributed by atoms with van der Waals surface area (Å²) in [5, 5.41) is 8.73. The summed E-state index contributed by atoms with van der Waals surface area (Å²) < 4.78 is 0. The van der Waals surface area contributed by atoms with E-state index in [0.29, 0.717) is 0 Å². The van der Waals surface area contributed by atoms with Crippen molar-refractivity contribution in [3.8, 4) is 6.07 Å². The monoisotopic (exact) mass is 172 g/mol. The smallest absolute Gasteiger partial charge is 0.134 e. The molecule has 0 aliphatic carbocycles. The van der Waals surface area contributed by atoms with Crippen LogP contribution in [-0.4, -0.2) is 12.6 Å². The normalized spacial score (nSPS) is 19.8. The van der Waals surface area contributed by atoms with Crippen molar-refractivity contribution in [1.82, 2.24) is 0 Å². The molecule has 1 fully saturated rings. The van der Waals surface area contributed by atoms with Crippen LogP contribution < -0.4 is 4.90 Å². The zero-order valence-electron chi connectivity index (χ0n) is 7.91. The Kier molecular flexibility index (Phi) is 1.73. The molecule has 0 amide bonds. The molecule has 1 saturated heterocycles. The van der Waals surface area contributed by atoms with E-state index in [1.54, 1.807) is 0 Å². The number of benzene rings is 1. The molecule has 1 aliphatic rings. The van der Waals surface area contributed by atoms with Crippen LogP contribution in [0.3, 0.4) is 0 Å². The van der Waals surface area contributed by atoms with Crippen LogP contribution in [0.4, 0.5) is 5.69 Å². The minimum absolute atomic E-state index is 0.111. The summed E-state index contributed by atoms with van der Waals surface area (Å²) in [7, 11) is 0. The maximum atomic E-state index is 8.73. The largest absolute Gasteiger partial charge is 0.351 e. The number of para-hydroxylation sites is 1. The Morgan fingerprint density at radius 1 is 1.38 bits per heavy atom. The van der Waals surface area contributed by atoms with Gasteiger partial charge in [0, 0.05) is 5.69 Å². The Bertz CT molecular complexity index is 356. The van der Waals surface area contributed by atoms with Crippen molar-refractivity contribution < 1.29 is 0 Å². The summed E-state index contributed by atoms with van der Waals surface area (Å²) in [5.41, 5.74) is 3.77. The van der Waals surface area contributed by atoms with Crippen LogP contribution in [0.25, 0.3) is 0 Å². The molecule has 1 atom stereocenters. The molecule has 1 unspecified atom stereocenters. The molecule has 0 bridgehead atoms. The molecule has 66 valence electrons. The summed E-state index contributed by atoms with van der Waals surface area (Å²) in [6.07, 6.45) is 0. The van der Waals surface area contributed by atoms with Gasteiger partial charge in [-0.2, -0.15) is 5.26 Å². The first-order valence-electron chi connectivity index (χ1n) is 4.46. The van der Waals surface area contributed by atoms with Gasteiger partial charge in [-0.15, -0.1) is 0 Å². The Hall–Kier alpha value is -1.49. The third-order valence-electron chi connectivity index (χ3n) is 2.49. The van der Waals surface area contributed by atoms with Gasteiger partial charge in [0.05, 0.1) is 12.6 Å². The fraction of sp³-hybridized carbons (Fsp3) is 0.364. The number of anilines is 1. The third-order valence-corrected chi connectivity index (χ3v) is 2.49. The molecule has 0 aromatic heterocycles. The van der Waals surface area contributed by atoms with Crippen LogP contribution in [0.1, 0.15) is 11.1 Å². The van der Waals surface area contributed by atoms with E-state index in [1.165, 1.54) is 16.8 Å². The zero-order chi connectivity index (χ0) is 9.42. The number of rotatable bonds is 1. The van der Waals surface area contributed by atoms with E-state index >= 15 is 0 Å². The Morgan fingerprint density at radius 3 is 2.46 bits per heavy atom. The molecule has 0 radical (unpaired) electrons. The van der Waals surface area contributed by atoms with Crippen LogP contribution in [0.2, 0.25) is 0 Å². The highest BCUT2D eigenvalue weighted by molar-refractivity contribution is 5.65. The standard InChI is InChI=1S/C11H12N2/c1-8-4-3-5-9(2)11(8)13-7-10(13)6-12/h3-5,10H,7H2,1-2H3. The molecule has 0 saturated carbocycles. The Morgan fingerprint density at radius 2 is 2.00 bits per heavy atom. The fourth-order valence-corrected chi connectivity index (χ4v) is 1.76. The van der Waals surface area contributed by atoms with Crippen LogP contribution in [0.15, 0.2) is 18.2 Å². The van der Waals surface area contributed by atoms with Crippen molar-refractivity contribution in [1.29, 1.82) is 5.26 Å². The SMILES string of the molecule is Cc1cccc(C)c1N1CC1C#N. The lowest BCUT2D eigenvalue weighted by molar-refractivity contribution is 1.21. The number of nitrogens with zero attached hydrogens (tertiary/aromatic N) is 2. The summed E-state index contributed by atoms with van der Waals surface area (Å²) in [6, 6.07) is 8.62. The molecule has 1 heterocycles. The lowest BCUT2D eigenvalue weighted by Crippen LogP contribution is -2.00. The number of hydrogen-bond donors (Lipinski definition) is 0. The molecule has 13 heavy (non-hydrogen) atoms. The van der Waals surface area contributed by atoms with Gasteiger partial charge < -0.3 is 4.90 Å². The fourth-order valence-electron chi connectivity index (χ4n) is 1.76. The minimum Gasteiger partial charge on any atom is -0.351 e. The average Bonchev–Trinajstić information content (AvgIpc) is 2.83. The first kappa shape index (κ1) is 8.12. The second-order valence-electron chi connectivity index (χ2n) is 3.54. The van der Waals surface area contributed by atoms with Gasteiger partial charge in [0.15, 0.2) is 0 Å². The van der Waals surface area contributed by atoms with Gasteiger partial charge in [-0.25, -0.2) is 0 Å². The van der Waals surface area contributed by atoms with E-state index < -0.39 is 0 Å². The molecule has 2 rings (SSSR count). The number of nitriles is 1. The molecular formula is C11H12N2. The van der Waals surface area contributed by atoms with Crippen molar-refractivity contribution in [2.45, 2.75) is 19.9 Å². The van der Waals surface area contributed by atoms with E-state index in [9.17, 15) is 0 Å². The summed E-state index contributed by atoms with van der Waals surface area (Å²) in [5.74, 6) is 0. The van der Waals surface area contributed by atoms with Crippen LogP contribution in [0, 0.1) is 25.2 Å². The van der Waals surface area contributed by atoms with Gasteiger partial charge in [-0.1, -0.05) is 18.2 Å². The van der Waals surface area contributed by atoms with Crippen molar-refractivity contribution in [2.24, 2.45) is 0 Å². The second kappa shape index (κ2) is 2.77. The third kappa shape index (κ3) is 1.27. The van der Waals surface area contributed by atoms with E-state index in [1.807, 2.05) is 0 Å². The molecule has 0 spiro atoms. The van der Waals surface area contributed by atoms with Gasteiger partial charge in [0.2, 0.25) is 0 Å². The predicted octanol–water partition coefficient (Wildman–Crippen LogP) is 2.02. The van der Waals surface area contributed by atoms with E-state index in [-0.39, 0.29) is 6.04 Å². The molecule has 1 aromatic rings. The highest BCUT2D eigenvalue weighted by atomic mass is 15.3. The minimum atomic E-state index is 0.111. The van der Waals surface area contributed by atoms with Gasteiger partial charge in [0.25, 0.3) is 0 Å². The molecular weight excluding hydrogens is 160 g/mol. The summed E-state index contributed by atoms with van der Waals surface area (Å²) in [6.45, 7) is 5.08. The first-order valence-corrected chi connectivity index (χ1v) is 4.46. The topological polar surface area (TPSA) is 26.8 Å². The second-order valence-corrected chi connectivity index (χ2v) is 3.54. The molecule has 1 aromatic carbocycles. The average molecular weight is 172 g/mol. The van der Waals surface area contributed by atoms with Crippen molar-refractivity contribution in [2.75, 3.05) is 11.4 Å². The number of aryl methyl sites for hydroxylation is 2. The van der Waals surface area contributed by atoms with E-state index in [0.717, 1.165) is 6.54 Å². The van der Waals surface area contributed by atoms with Gasteiger partial charge >= 0.3 is 0 Å². The lowest BCUT2D eigenvalue weighted by atomic mass is 10.1. The molecule has 0 N–H and O–H groups in total. The maximum absolute atomic E-state index is 8.73. The first-order chi connectivity index (χ1) is 6.24. The van der Waals surface area contributed by atoms with Gasteiger partial charge in [-0.05, 0) is 25.0 Å². The van der Waals surface area contributed by atoms with E-state index in [2.05, 4.69) is 43.0 Å². The number of hydrogen-bond acceptors (Lipinski definition) is 2. The highest BCUT2D eigenvalue weighted by Crippen LogP contribution is 2.33. The lowest BCUT2D eigenvalue weighted by Gasteiger charge is -2.10. The van der Waals surface area contributed by atoms with Gasteiger partial charge in [-0.3, -0.25) is 0 Å². The molecule has 1 aliphatic heterocycles. The van der Waals surface area contributed by atoms with Crippen molar-refractivity contribution in [3.05, 3.63) is 29.3 Å². The Balaban J connectivity index is 2.37. The van der Waals surface area contributed by atoms with E-state index in [4.69, 9.17) is 5.26 Å². The predicted molar refractivity (Wildman–Crippen MR) is 52.7 cm³/mol. The zero-order valence-corrected chi connectivity index (χ0v) is 7.91. The van der Waals surface area contributed by atoms with Crippen LogP contribution in [-0.2, 0) is 0 Å². The maximum Gasteiger partial charge on any atom is 0.134 e. The van der Waals surface area contributed by atoms with Gasteiger partial charge in [0.1, 0.15) is 6.04 Å². The van der Waals surface area contributed by atoms with Crippen LogP contribution in [0.5, 0.6) is 0 Å². The highest BCUT2D eigenvalue weighted by Gasteiger charge is 2.35. The van der Waals surface area contributed by atoms with Crippen LogP contribution >= 0.6 is 0 Å². The Labute approximate surface area is 78.4 Å². The molecule has 2 nitrogen and oxygen atoms in total. The van der Waals surface area contributed by atoms with Crippen molar-refractivity contribution in [3.63, 3.8) is 0 Å². The quantitative estimate of drug-likeness (QED) is 0.606. The molecule has 2 heteroatoms. The summed E-state index contributed by atoms with van der Waals surface area (Å²) >= 11 is 0. The summed E-state index contributed by atoms with van der Waals surface area (Å²) in [4.78, 5) is 2.14.